The van der Waals surface area contributed by atoms with E-state index in [-0.39, 0.29) is 0 Å². The number of nitrogens with two attached hydrogens (primary N) is 1. The Morgan fingerprint density at radius 1 is 1.17 bits per heavy atom. The van der Waals surface area contributed by atoms with Crippen molar-refractivity contribution in [2.75, 3.05) is 11.1 Å². The molecule has 0 aliphatic heterocycles. The monoisotopic (exact) mass is 239 g/mol. The molecule has 1 unspecified atom stereocenters. The third kappa shape index (κ3) is 2.30. The van der Waals surface area contributed by atoms with Gasteiger partial charge in [-0.25, -0.2) is 4.98 Å². The van der Waals surface area contributed by atoms with Crippen LogP contribution in [0.3, 0.4) is 0 Å². The zero-order valence-corrected chi connectivity index (χ0v) is 10.3. The number of aryl methyl sites for hydroxylation is 1. The van der Waals surface area contributed by atoms with Gasteiger partial charge in [0.2, 0.25) is 0 Å². The number of anilines is 2. The Kier molecular flexibility index (Phi) is 2.89. The van der Waals surface area contributed by atoms with Crippen LogP contribution in [0.2, 0.25) is 0 Å². The van der Waals surface area contributed by atoms with E-state index < -0.39 is 0 Å². The molecule has 3 nitrogen and oxygen atoms in total. The number of hydrogen-bond acceptors (Lipinski definition) is 3. The summed E-state index contributed by atoms with van der Waals surface area (Å²) in [5, 5.41) is 3.54. The SMILES string of the molecule is Nc1cc(NC2CCc3ccccc3C2)ccn1. The molecular formula is C15H17N3. The van der Waals surface area contributed by atoms with Gasteiger partial charge in [0.05, 0.1) is 0 Å². The fraction of sp³-hybridized carbons (Fsp3) is 0.267. The number of nitrogen functional groups attached to an aromatic ring is 1. The van der Waals surface area contributed by atoms with E-state index in [9.17, 15) is 0 Å². The van der Waals surface area contributed by atoms with Crippen molar-refractivity contribution in [2.24, 2.45) is 0 Å². The van der Waals surface area contributed by atoms with Crippen molar-refractivity contribution in [3.05, 3.63) is 53.7 Å². The highest BCUT2D eigenvalue weighted by atomic mass is 14.9. The van der Waals surface area contributed by atoms with Crippen LogP contribution in [0.15, 0.2) is 42.6 Å². The van der Waals surface area contributed by atoms with Gasteiger partial charge in [-0.3, -0.25) is 0 Å². The lowest BCUT2D eigenvalue weighted by Gasteiger charge is -2.26. The lowest BCUT2D eigenvalue weighted by atomic mass is 9.88. The summed E-state index contributed by atoms with van der Waals surface area (Å²) >= 11 is 0. The van der Waals surface area contributed by atoms with Gasteiger partial charge in [-0.1, -0.05) is 24.3 Å². The standard InChI is InChI=1S/C15H17N3/c16-15-10-14(7-8-17-15)18-13-6-5-11-3-1-2-4-12(11)9-13/h1-4,7-8,10,13H,5-6,9H2,(H3,16,17,18). The van der Waals surface area contributed by atoms with E-state index in [1.807, 2.05) is 12.1 Å². The zero-order chi connectivity index (χ0) is 12.4. The van der Waals surface area contributed by atoms with Crippen LogP contribution in [0, 0.1) is 0 Å². The number of pyridine rings is 1. The number of nitrogens with one attached hydrogen (secondary N) is 1. The highest BCUT2D eigenvalue weighted by Gasteiger charge is 2.17. The van der Waals surface area contributed by atoms with Gasteiger partial charge >= 0.3 is 0 Å². The first-order valence-electron chi connectivity index (χ1n) is 6.36. The van der Waals surface area contributed by atoms with Gasteiger partial charge in [-0.05, 0) is 36.5 Å². The molecule has 1 aromatic carbocycles. The van der Waals surface area contributed by atoms with E-state index in [1.165, 1.54) is 17.5 Å². The Morgan fingerprint density at radius 3 is 2.83 bits per heavy atom. The van der Waals surface area contributed by atoms with Gasteiger partial charge in [0.15, 0.2) is 0 Å². The van der Waals surface area contributed by atoms with E-state index in [1.54, 1.807) is 6.20 Å². The number of nitrogens with zero attached hydrogens (tertiary/aromatic N) is 1. The lowest BCUT2D eigenvalue weighted by Crippen LogP contribution is -2.27. The smallest absolute Gasteiger partial charge is 0.125 e. The molecule has 0 radical (unpaired) electrons. The summed E-state index contributed by atoms with van der Waals surface area (Å²) in [4.78, 5) is 4.01. The van der Waals surface area contributed by atoms with Crippen molar-refractivity contribution >= 4 is 11.5 Å². The maximum atomic E-state index is 5.69. The zero-order valence-electron chi connectivity index (χ0n) is 10.3. The molecule has 0 saturated carbocycles. The summed E-state index contributed by atoms with van der Waals surface area (Å²) in [7, 11) is 0. The first kappa shape index (κ1) is 11.1. The van der Waals surface area contributed by atoms with Crippen molar-refractivity contribution in [2.45, 2.75) is 25.3 Å². The number of aromatic nitrogens is 1. The molecular weight excluding hydrogens is 222 g/mol. The third-order valence-electron chi connectivity index (χ3n) is 3.50. The molecule has 1 aliphatic carbocycles. The third-order valence-corrected chi connectivity index (χ3v) is 3.50. The molecule has 2 aromatic rings. The van der Waals surface area contributed by atoms with Gasteiger partial charge < -0.3 is 11.1 Å². The molecule has 3 heteroatoms. The second kappa shape index (κ2) is 4.69. The van der Waals surface area contributed by atoms with Crippen LogP contribution < -0.4 is 11.1 Å². The minimum atomic E-state index is 0.488. The molecule has 18 heavy (non-hydrogen) atoms. The Labute approximate surface area is 107 Å². The van der Waals surface area contributed by atoms with Gasteiger partial charge in [0.25, 0.3) is 0 Å². The van der Waals surface area contributed by atoms with Crippen LogP contribution in [0.5, 0.6) is 0 Å². The molecule has 3 rings (SSSR count). The quantitative estimate of drug-likeness (QED) is 0.847. The lowest BCUT2D eigenvalue weighted by molar-refractivity contribution is 0.611. The predicted molar refractivity (Wildman–Crippen MR) is 74.5 cm³/mol. The minimum Gasteiger partial charge on any atom is -0.384 e. The fourth-order valence-corrected chi connectivity index (χ4v) is 2.59. The highest BCUT2D eigenvalue weighted by Crippen LogP contribution is 2.23. The average molecular weight is 239 g/mol. The summed E-state index contributed by atoms with van der Waals surface area (Å²) in [5.41, 5.74) is 9.70. The molecule has 1 heterocycles. The summed E-state index contributed by atoms with van der Waals surface area (Å²) in [6, 6.07) is 13.0. The maximum absolute atomic E-state index is 5.69. The van der Waals surface area contributed by atoms with Crippen LogP contribution in [-0.2, 0) is 12.8 Å². The topological polar surface area (TPSA) is 50.9 Å². The summed E-state index contributed by atoms with van der Waals surface area (Å²) < 4.78 is 0. The van der Waals surface area contributed by atoms with Crippen LogP contribution in [0.25, 0.3) is 0 Å². The molecule has 0 amide bonds. The molecule has 3 N–H and O–H groups in total. The van der Waals surface area contributed by atoms with Crippen molar-refractivity contribution in [1.29, 1.82) is 0 Å². The molecule has 0 bridgehead atoms. The van der Waals surface area contributed by atoms with Crippen molar-refractivity contribution in [1.82, 2.24) is 4.98 Å². The van der Waals surface area contributed by atoms with Gasteiger partial charge in [-0.15, -0.1) is 0 Å². The van der Waals surface area contributed by atoms with Gasteiger partial charge in [-0.2, -0.15) is 0 Å². The Balaban J connectivity index is 1.73. The normalized spacial score (nSPS) is 18.1. The van der Waals surface area contributed by atoms with Crippen molar-refractivity contribution in [3.8, 4) is 0 Å². The average Bonchev–Trinajstić information content (AvgIpc) is 2.39. The largest absolute Gasteiger partial charge is 0.384 e. The predicted octanol–water partition coefficient (Wildman–Crippen LogP) is 2.63. The fourth-order valence-electron chi connectivity index (χ4n) is 2.59. The Morgan fingerprint density at radius 2 is 2.00 bits per heavy atom. The number of rotatable bonds is 2. The Hall–Kier alpha value is -2.03. The molecule has 92 valence electrons. The minimum absolute atomic E-state index is 0.488. The molecule has 1 atom stereocenters. The van der Waals surface area contributed by atoms with Gasteiger partial charge in [0, 0.05) is 24.0 Å². The second-order valence-electron chi connectivity index (χ2n) is 4.82. The van der Waals surface area contributed by atoms with Gasteiger partial charge in [0.1, 0.15) is 5.82 Å². The van der Waals surface area contributed by atoms with Crippen molar-refractivity contribution in [3.63, 3.8) is 0 Å². The first-order valence-corrected chi connectivity index (χ1v) is 6.36. The van der Waals surface area contributed by atoms with E-state index in [0.717, 1.165) is 18.5 Å². The number of benzene rings is 1. The van der Waals surface area contributed by atoms with Crippen LogP contribution in [0.4, 0.5) is 11.5 Å². The molecule has 0 fully saturated rings. The summed E-state index contributed by atoms with van der Waals surface area (Å²) in [6.45, 7) is 0. The van der Waals surface area contributed by atoms with Crippen molar-refractivity contribution < 1.29 is 0 Å². The van der Waals surface area contributed by atoms with E-state index >= 15 is 0 Å². The van der Waals surface area contributed by atoms with Crippen LogP contribution in [-0.4, -0.2) is 11.0 Å². The molecule has 1 aliphatic rings. The van der Waals surface area contributed by atoms with Crippen LogP contribution >= 0.6 is 0 Å². The van der Waals surface area contributed by atoms with E-state index in [0.29, 0.717) is 11.9 Å². The maximum Gasteiger partial charge on any atom is 0.125 e. The second-order valence-corrected chi connectivity index (χ2v) is 4.82. The van der Waals surface area contributed by atoms with Crippen LogP contribution in [0.1, 0.15) is 17.5 Å². The summed E-state index contributed by atoms with van der Waals surface area (Å²) in [6.07, 6.45) is 5.14. The number of fused-ring (bicyclic) bond motifs is 1. The van der Waals surface area contributed by atoms with E-state index in [4.69, 9.17) is 5.73 Å². The molecule has 1 aromatic heterocycles. The Bertz CT molecular complexity index is 551. The molecule has 0 saturated heterocycles. The molecule has 0 spiro atoms. The summed E-state index contributed by atoms with van der Waals surface area (Å²) in [5.74, 6) is 0.566. The highest BCUT2D eigenvalue weighted by molar-refractivity contribution is 5.50. The van der Waals surface area contributed by atoms with E-state index in [2.05, 4.69) is 34.6 Å². The first-order chi connectivity index (χ1) is 8.81. The number of hydrogen-bond donors (Lipinski definition) is 2.